The van der Waals surface area contributed by atoms with E-state index in [2.05, 4.69) is 10.00 Å². The zero-order valence-corrected chi connectivity index (χ0v) is 14.3. The lowest BCUT2D eigenvalue weighted by Gasteiger charge is -2.35. The van der Waals surface area contributed by atoms with E-state index in [9.17, 15) is 9.59 Å². The molecule has 0 aromatic carbocycles. The summed E-state index contributed by atoms with van der Waals surface area (Å²) in [7, 11) is 0. The minimum atomic E-state index is -0.0639. The zero-order valence-electron chi connectivity index (χ0n) is 14.3. The average Bonchev–Trinajstić information content (AvgIpc) is 3.09. The first-order valence-corrected chi connectivity index (χ1v) is 8.78. The Balaban J connectivity index is 1.42. The van der Waals surface area contributed by atoms with Crippen LogP contribution < -0.4 is 5.56 Å². The van der Waals surface area contributed by atoms with Crippen molar-refractivity contribution in [2.45, 2.75) is 38.8 Å². The molecule has 7 heteroatoms. The number of nitrogens with zero attached hydrogens (tertiary/aromatic N) is 4. The van der Waals surface area contributed by atoms with Gasteiger partial charge in [0.25, 0.3) is 5.56 Å². The van der Waals surface area contributed by atoms with Gasteiger partial charge in [-0.3, -0.25) is 14.5 Å². The van der Waals surface area contributed by atoms with Gasteiger partial charge in [-0.05, 0) is 25.8 Å². The van der Waals surface area contributed by atoms with Crippen molar-refractivity contribution in [3.8, 4) is 0 Å². The van der Waals surface area contributed by atoms with Crippen molar-refractivity contribution < 1.29 is 9.53 Å². The maximum atomic E-state index is 12.3. The van der Waals surface area contributed by atoms with Crippen LogP contribution in [0.1, 0.15) is 25.0 Å². The van der Waals surface area contributed by atoms with E-state index in [0.29, 0.717) is 13.0 Å². The van der Waals surface area contributed by atoms with Gasteiger partial charge >= 0.3 is 0 Å². The number of hydrogen-bond donors (Lipinski definition) is 0. The second-order valence-corrected chi connectivity index (χ2v) is 6.60. The Kier molecular flexibility index (Phi) is 5.63. The standard InChI is InChI=1S/C17H26N4O3/c1-14-4-5-16(22)21(18-14)11-8-19-6-9-20(10-7-19)17(23)13-15-3-2-12-24-15/h4-5,15H,2-3,6-13H2,1H3. The Morgan fingerprint density at radius 1 is 1.25 bits per heavy atom. The normalized spacial score (nSPS) is 22.0. The van der Waals surface area contributed by atoms with Gasteiger partial charge in [0, 0.05) is 45.4 Å². The van der Waals surface area contributed by atoms with Gasteiger partial charge in [-0.15, -0.1) is 0 Å². The quantitative estimate of drug-likeness (QED) is 0.773. The minimum absolute atomic E-state index is 0.0639. The van der Waals surface area contributed by atoms with Crippen LogP contribution >= 0.6 is 0 Å². The van der Waals surface area contributed by atoms with Crippen molar-refractivity contribution in [3.63, 3.8) is 0 Å². The number of hydrogen-bond acceptors (Lipinski definition) is 5. The highest BCUT2D eigenvalue weighted by molar-refractivity contribution is 5.76. The van der Waals surface area contributed by atoms with E-state index in [1.807, 2.05) is 11.8 Å². The number of amides is 1. The Hall–Kier alpha value is -1.73. The smallest absolute Gasteiger partial charge is 0.266 e. The number of piperazine rings is 1. The molecule has 0 N–H and O–H groups in total. The molecule has 3 heterocycles. The molecule has 2 saturated heterocycles. The number of carbonyl (C=O) groups excluding carboxylic acids is 1. The Labute approximate surface area is 142 Å². The summed E-state index contributed by atoms with van der Waals surface area (Å²) in [6, 6.07) is 3.29. The number of rotatable bonds is 5. The van der Waals surface area contributed by atoms with E-state index >= 15 is 0 Å². The van der Waals surface area contributed by atoms with Crippen LogP contribution in [0.15, 0.2) is 16.9 Å². The molecule has 0 bridgehead atoms. The van der Waals surface area contributed by atoms with Crippen LogP contribution in [0.2, 0.25) is 0 Å². The summed E-state index contributed by atoms with van der Waals surface area (Å²) in [5.41, 5.74) is 0.783. The summed E-state index contributed by atoms with van der Waals surface area (Å²) in [5, 5.41) is 4.26. The lowest BCUT2D eigenvalue weighted by Crippen LogP contribution is -2.50. The second kappa shape index (κ2) is 7.90. The summed E-state index contributed by atoms with van der Waals surface area (Å²) in [4.78, 5) is 28.3. The summed E-state index contributed by atoms with van der Waals surface area (Å²) in [6.45, 7) is 7.24. The van der Waals surface area contributed by atoms with Gasteiger partial charge in [0.1, 0.15) is 0 Å². The van der Waals surface area contributed by atoms with Crippen LogP contribution in [0.3, 0.4) is 0 Å². The first-order chi connectivity index (χ1) is 11.6. The molecule has 0 saturated carbocycles. The van der Waals surface area contributed by atoms with E-state index < -0.39 is 0 Å². The molecule has 1 atom stereocenters. The highest BCUT2D eigenvalue weighted by Crippen LogP contribution is 2.17. The first kappa shape index (κ1) is 17.1. The topological polar surface area (TPSA) is 67.7 Å². The molecule has 0 aliphatic carbocycles. The Bertz CT molecular complexity index is 617. The van der Waals surface area contributed by atoms with Crippen LogP contribution in [0.25, 0.3) is 0 Å². The molecule has 2 aliphatic rings. The molecule has 0 radical (unpaired) electrons. The maximum Gasteiger partial charge on any atom is 0.266 e. The molecular weight excluding hydrogens is 308 g/mol. The zero-order chi connectivity index (χ0) is 16.9. The molecule has 0 spiro atoms. The van der Waals surface area contributed by atoms with Crippen LogP contribution in [-0.4, -0.2) is 70.9 Å². The third-order valence-corrected chi connectivity index (χ3v) is 4.78. The summed E-state index contributed by atoms with van der Waals surface area (Å²) in [6.07, 6.45) is 2.71. The summed E-state index contributed by atoms with van der Waals surface area (Å²) in [5.74, 6) is 0.207. The van der Waals surface area contributed by atoms with Crippen molar-refractivity contribution >= 4 is 5.91 Å². The van der Waals surface area contributed by atoms with Gasteiger partial charge in [0.15, 0.2) is 0 Å². The predicted molar refractivity (Wildman–Crippen MR) is 89.8 cm³/mol. The van der Waals surface area contributed by atoms with Gasteiger partial charge in [0.2, 0.25) is 5.91 Å². The average molecular weight is 334 g/mol. The Morgan fingerprint density at radius 3 is 2.75 bits per heavy atom. The van der Waals surface area contributed by atoms with E-state index in [1.165, 1.54) is 4.68 Å². The third-order valence-electron chi connectivity index (χ3n) is 4.78. The molecule has 1 amide bonds. The molecule has 1 aromatic rings. The fourth-order valence-corrected chi connectivity index (χ4v) is 3.30. The highest BCUT2D eigenvalue weighted by atomic mass is 16.5. The van der Waals surface area contributed by atoms with Gasteiger partial charge in [-0.25, -0.2) is 4.68 Å². The van der Waals surface area contributed by atoms with Gasteiger partial charge in [-0.2, -0.15) is 5.10 Å². The van der Waals surface area contributed by atoms with Crippen LogP contribution in [0.4, 0.5) is 0 Å². The molecule has 2 fully saturated rings. The van der Waals surface area contributed by atoms with Crippen molar-refractivity contribution in [3.05, 3.63) is 28.2 Å². The third kappa shape index (κ3) is 4.42. The Morgan fingerprint density at radius 2 is 2.04 bits per heavy atom. The largest absolute Gasteiger partial charge is 0.378 e. The van der Waals surface area contributed by atoms with Crippen LogP contribution in [0.5, 0.6) is 0 Å². The lowest BCUT2D eigenvalue weighted by molar-refractivity contribution is -0.135. The monoisotopic (exact) mass is 334 g/mol. The number of ether oxygens (including phenoxy) is 1. The molecule has 24 heavy (non-hydrogen) atoms. The lowest BCUT2D eigenvalue weighted by atomic mass is 10.1. The maximum absolute atomic E-state index is 12.3. The predicted octanol–water partition coefficient (Wildman–Crippen LogP) is 0.265. The van der Waals surface area contributed by atoms with E-state index in [-0.39, 0.29) is 17.6 Å². The number of aromatic nitrogens is 2. The molecule has 3 rings (SSSR count). The number of carbonyl (C=O) groups is 1. The van der Waals surface area contributed by atoms with E-state index in [0.717, 1.165) is 57.9 Å². The van der Waals surface area contributed by atoms with Crippen molar-refractivity contribution in [1.29, 1.82) is 0 Å². The van der Waals surface area contributed by atoms with Crippen LogP contribution in [-0.2, 0) is 16.1 Å². The SMILES string of the molecule is Cc1ccc(=O)n(CCN2CCN(C(=O)CC3CCCO3)CC2)n1. The van der Waals surface area contributed by atoms with Crippen molar-refractivity contribution in [2.75, 3.05) is 39.3 Å². The fraction of sp³-hybridized carbons (Fsp3) is 0.706. The van der Waals surface area contributed by atoms with Gasteiger partial charge in [0.05, 0.1) is 24.8 Å². The summed E-state index contributed by atoms with van der Waals surface area (Å²) >= 11 is 0. The van der Waals surface area contributed by atoms with Gasteiger partial charge in [-0.1, -0.05) is 0 Å². The summed E-state index contributed by atoms with van der Waals surface area (Å²) < 4.78 is 7.06. The molecule has 132 valence electrons. The van der Waals surface area contributed by atoms with E-state index in [4.69, 9.17) is 4.74 Å². The van der Waals surface area contributed by atoms with Gasteiger partial charge < -0.3 is 9.64 Å². The first-order valence-electron chi connectivity index (χ1n) is 8.78. The van der Waals surface area contributed by atoms with Crippen molar-refractivity contribution in [2.24, 2.45) is 0 Å². The molecular formula is C17H26N4O3. The molecule has 2 aliphatic heterocycles. The highest BCUT2D eigenvalue weighted by Gasteiger charge is 2.25. The van der Waals surface area contributed by atoms with Crippen molar-refractivity contribution in [1.82, 2.24) is 19.6 Å². The van der Waals surface area contributed by atoms with E-state index in [1.54, 1.807) is 12.1 Å². The minimum Gasteiger partial charge on any atom is -0.378 e. The number of aryl methyl sites for hydroxylation is 1. The molecule has 7 nitrogen and oxygen atoms in total. The molecule has 1 unspecified atom stereocenters. The van der Waals surface area contributed by atoms with Crippen LogP contribution in [0, 0.1) is 6.92 Å². The second-order valence-electron chi connectivity index (χ2n) is 6.60. The molecule has 1 aromatic heterocycles. The fourth-order valence-electron chi connectivity index (χ4n) is 3.30.